The van der Waals surface area contributed by atoms with Crippen molar-refractivity contribution in [2.24, 2.45) is 0 Å². The minimum atomic E-state index is 0.433. The number of likely N-dealkylation sites (tertiary alicyclic amines) is 1. The van der Waals surface area contributed by atoms with E-state index in [1.165, 1.54) is 12.8 Å². The maximum Gasteiger partial charge on any atom is 0.227 e. The van der Waals surface area contributed by atoms with E-state index < -0.39 is 0 Å². The Labute approximate surface area is 160 Å². The molecule has 0 saturated carbocycles. The molecule has 2 saturated heterocycles. The molecule has 2 aliphatic heterocycles. The van der Waals surface area contributed by atoms with Crippen LogP contribution in [0.1, 0.15) is 18.5 Å². The highest BCUT2D eigenvalue weighted by Crippen LogP contribution is 2.22. The molecule has 144 valence electrons. The first kappa shape index (κ1) is 18.1. The minimum Gasteiger partial charge on any atom is -0.378 e. The van der Waals surface area contributed by atoms with Gasteiger partial charge in [-0.1, -0.05) is 0 Å². The van der Waals surface area contributed by atoms with Crippen LogP contribution < -0.4 is 9.80 Å². The lowest BCUT2D eigenvalue weighted by atomic mass is 10.0. The number of rotatable bonds is 5. The second-order valence-electron chi connectivity index (χ2n) is 7.15. The van der Waals surface area contributed by atoms with Crippen molar-refractivity contribution in [3.05, 3.63) is 36.5 Å². The van der Waals surface area contributed by atoms with Crippen molar-refractivity contribution >= 4 is 11.8 Å². The van der Waals surface area contributed by atoms with E-state index in [9.17, 15) is 0 Å². The second-order valence-corrected chi connectivity index (χ2v) is 7.15. The maximum atomic E-state index is 5.43. The first-order valence-corrected chi connectivity index (χ1v) is 9.65. The molecule has 2 aromatic rings. The molecule has 0 bridgehead atoms. The molecule has 4 heterocycles. The molecule has 1 atom stereocenters. The van der Waals surface area contributed by atoms with Crippen molar-refractivity contribution in [3.8, 4) is 0 Å². The van der Waals surface area contributed by atoms with E-state index in [4.69, 9.17) is 9.72 Å². The number of morpholine rings is 1. The summed E-state index contributed by atoms with van der Waals surface area (Å²) in [6.07, 6.45) is 9.55. The van der Waals surface area contributed by atoms with Crippen LogP contribution in [0.2, 0.25) is 0 Å². The van der Waals surface area contributed by atoms with E-state index in [0.717, 1.165) is 63.4 Å². The first-order valence-electron chi connectivity index (χ1n) is 9.65. The smallest absolute Gasteiger partial charge is 0.227 e. The Bertz CT molecular complexity index is 723. The van der Waals surface area contributed by atoms with E-state index in [1.54, 1.807) is 12.4 Å². The van der Waals surface area contributed by atoms with Gasteiger partial charge in [0.25, 0.3) is 0 Å². The molecule has 0 amide bonds. The van der Waals surface area contributed by atoms with Crippen molar-refractivity contribution in [1.29, 1.82) is 0 Å². The standard InChI is InChI=1S/C19H27N7O/c1-24(18-4-5-22-19(23-18)26-9-11-27-12-10-26)17-3-2-8-25(15-17)14-16-13-20-6-7-21-16/h4-7,13,17H,2-3,8-12,14-15H2,1H3. The van der Waals surface area contributed by atoms with E-state index in [-0.39, 0.29) is 0 Å². The summed E-state index contributed by atoms with van der Waals surface area (Å²) in [5, 5.41) is 0. The van der Waals surface area contributed by atoms with E-state index in [2.05, 4.69) is 36.7 Å². The monoisotopic (exact) mass is 369 g/mol. The van der Waals surface area contributed by atoms with Crippen molar-refractivity contribution in [1.82, 2.24) is 24.8 Å². The van der Waals surface area contributed by atoms with Crippen LogP contribution in [0.25, 0.3) is 0 Å². The van der Waals surface area contributed by atoms with Crippen molar-refractivity contribution in [3.63, 3.8) is 0 Å². The van der Waals surface area contributed by atoms with Gasteiger partial charge in [-0.05, 0) is 25.5 Å². The van der Waals surface area contributed by atoms with Crippen LogP contribution >= 0.6 is 0 Å². The molecule has 0 aliphatic carbocycles. The summed E-state index contributed by atoms with van der Waals surface area (Å²) < 4.78 is 5.43. The number of anilines is 2. The topological polar surface area (TPSA) is 70.5 Å². The normalized spacial score (nSPS) is 21.2. The highest BCUT2D eigenvalue weighted by Gasteiger charge is 2.25. The molecule has 2 aromatic heterocycles. The molecule has 0 radical (unpaired) electrons. The minimum absolute atomic E-state index is 0.433. The van der Waals surface area contributed by atoms with E-state index in [1.807, 2.05) is 18.5 Å². The third kappa shape index (κ3) is 4.51. The summed E-state index contributed by atoms with van der Waals surface area (Å²) in [7, 11) is 2.14. The zero-order valence-electron chi connectivity index (χ0n) is 15.9. The summed E-state index contributed by atoms with van der Waals surface area (Å²) in [6.45, 7) is 6.13. The van der Waals surface area contributed by atoms with Crippen LogP contribution in [0.5, 0.6) is 0 Å². The van der Waals surface area contributed by atoms with Gasteiger partial charge < -0.3 is 14.5 Å². The number of nitrogens with zero attached hydrogens (tertiary/aromatic N) is 7. The molecule has 4 rings (SSSR count). The highest BCUT2D eigenvalue weighted by molar-refractivity contribution is 5.44. The van der Waals surface area contributed by atoms with Gasteiger partial charge in [0.2, 0.25) is 5.95 Å². The van der Waals surface area contributed by atoms with Gasteiger partial charge in [0.1, 0.15) is 5.82 Å². The number of ether oxygens (including phenoxy) is 1. The third-order valence-corrected chi connectivity index (χ3v) is 5.31. The number of likely N-dealkylation sites (N-methyl/N-ethyl adjacent to an activating group) is 1. The van der Waals surface area contributed by atoms with Gasteiger partial charge in [0, 0.05) is 64.1 Å². The van der Waals surface area contributed by atoms with Gasteiger partial charge in [-0.25, -0.2) is 4.98 Å². The molecule has 27 heavy (non-hydrogen) atoms. The molecular formula is C19H27N7O. The summed E-state index contributed by atoms with van der Waals surface area (Å²) >= 11 is 0. The molecule has 8 heteroatoms. The predicted octanol–water partition coefficient (Wildman–Crippen LogP) is 1.20. The number of aromatic nitrogens is 4. The second kappa shape index (κ2) is 8.58. The lowest BCUT2D eigenvalue weighted by molar-refractivity contribution is 0.122. The van der Waals surface area contributed by atoms with Gasteiger partial charge in [-0.3, -0.25) is 14.9 Å². The van der Waals surface area contributed by atoms with Gasteiger partial charge in [0.05, 0.1) is 18.9 Å². The number of hydrogen-bond donors (Lipinski definition) is 0. The summed E-state index contributed by atoms with van der Waals surface area (Å²) in [4.78, 5) is 24.8. The average Bonchev–Trinajstić information content (AvgIpc) is 2.75. The van der Waals surface area contributed by atoms with Crippen molar-refractivity contribution in [2.45, 2.75) is 25.4 Å². The lowest BCUT2D eigenvalue weighted by Crippen LogP contribution is -2.46. The van der Waals surface area contributed by atoms with Crippen LogP contribution in [0.3, 0.4) is 0 Å². The van der Waals surface area contributed by atoms with Crippen molar-refractivity contribution < 1.29 is 4.74 Å². The van der Waals surface area contributed by atoms with Gasteiger partial charge >= 0.3 is 0 Å². The molecular weight excluding hydrogens is 342 g/mol. The van der Waals surface area contributed by atoms with Gasteiger partial charge in [-0.15, -0.1) is 0 Å². The zero-order chi connectivity index (χ0) is 18.5. The van der Waals surface area contributed by atoms with Gasteiger partial charge in [0.15, 0.2) is 0 Å². The Kier molecular flexibility index (Phi) is 5.74. The Hall–Kier alpha value is -2.32. The summed E-state index contributed by atoms with van der Waals surface area (Å²) in [5.41, 5.74) is 1.03. The van der Waals surface area contributed by atoms with E-state index >= 15 is 0 Å². The van der Waals surface area contributed by atoms with E-state index in [0.29, 0.717) is 6.04 Å². The quantitative estimate of drug-likeness (QED) is 0.779. The Morgan fingerprint density at radius 3 is 2.85 bits per heavy atom. The van der Waals surface area contributed by atoms with Crippen LogP contribution in [0.15, 0.2) is 30.9 Å². The molecule has 0 spiro atoms. The maximum absolute atomic E-state index is 5.43. The summed E-state index contributed by atoms with van der Waals surface area (Å²) in [5.74, 6) is 1.78. The van der Waals surface area contributed by atoms with Crippen LogP contribution in [-0.4, -0.2) is 77.3 Å². The fourth-order valence-electron chi connectivity index (χ4n) is 3.77. The van der Waals surface area contributed by atoms with Crippen LogP contribution in [0, 0.1) is 0 Å². The fourth-order valence-corrected chi connectivity index (χ4v) is 3.77. The number of piperidine rings is 1. The molecule has 0 N–H and O–H groups in total. The zero-order valence-corrected chi connectivity index (χ0v) is 15.9. The Balaban J connectivity index is 1.41. The molecule has 2 aliphatic rings. The highest BCUT2D eigenvalue weighted by atomic mass is 16.5. The largest absolute Gasteiger partial charge is 0.378 e. The fraction of sp³-hybridized carbons (Fsp3) is 0.579. The molecule has 2 fully saturated rings. The van der Waals surface area contributed by atoms with Crippen LogP contribution in [0.4, 0.5) is 11.8 Å². The Morgan fingerprint density at radius 1 is 1.15 bits per heavy atom. The first-order chi connectivity index (χ1) is 13.3. The third-order valence-electron chi connectivity index (χ3n) is 5.31. The predicted molar refractivity (Wildman–Crippen MR) is 104 cm³/mol. The molecule has 8 nitrogen and oxygen atoms in total. The Morgan fingerprint density at radius 2 is 2.04 bits per heavy atom. The van der Waals surface area contributed by atoms with Gasteiger partial charge in [-0.2, -0.15) is 4.98 Å². The number of hydrogen-bond acceptors (Lipinski definition) is 8. The molecule has 0 aromatic carbocycles. The van der Waals surface area contributed by atoms with Crippen molar-refractivity contribution in [2.75, 3.05) is 56.2 Å². The molecule has 1 unspecified atom stereocenters. The van der Waals surface area contributed by atoms with Crippen LogP contribution in [-0.2, 0) is 11.3 Å². The lowest BCUT2D eigenvalue weighted by Gasteiger charge is -2.38. The summed E-state index contributed by atoms with van der Waals surface area (Å²) in [6, 6.07) is 2.44. The SMILES string of the molecule is CN(c1ccnc(N2CCOCC2)n1)C1CCCN(Cc2cnccn2)C1. The average molecular weight is 369 g/mol.